The molecule has 1 N–H and O–H groups in total. The summed E-state index contributed by atoms with van der Waals surface area (Å²) in [6.07, 6.45) is 24.4. The monoisotopic (exact) mass is 507 g/mol. The van der Waals surface area contributed by atoms with Gasteiger partial charge < -0.3 is 5.32 Å². The molecule has 1 heteroatoms. The van der Waals surface area contributed by atoms with Crippen LogP contribution in [-0.4, -0.2) is 6.54 Å². The van der Waals surface area contributed by atoms with Crippen molar-refractivity contribution in [1.29, 1.82) is 0 Å². The standard InChI is InChI=1S/C38H37N/c1-3-26-20-21-35(30-11-5-4-10-29(26)30)38-33-14-8-6-12-31(33)37(32-13-7-9-15-34(32)38)28-18-16-27(17-19-28)36-24-25(2)22-23-39-36/h4-16,18,22,24,31,33,39H,3,17,19-21,23H2,1-2H3. The van der Waals surface area contributed by atoms with Crippen molar-refractivity contribution in [1.82, 2.24) is 5.32 Å². The Bertz CT molecular complexity index is 1800. The van der Waals surface area contributed by atoms with Crippen LogP contribution in [0, 0.1) is 11.8 Å². The van der Waals surface area contributed by atoms with E-state index in [0.717, 1.165) is 32.2 Å². The van der Waals surface area contributed by atoms with Crippen molar-refractivity contribution < 1.29 is 0 Å². The average molecular weight is 508 g/mol. The zero-order valence-electron chi connectivity index (χ0n) is 23.1. The molecule has 2 aromatic carbocycles. The minimum Gasteiger partial charge on any atom is -0.381 e. The molecule has 194 valence electrons. The molecule has 7 rings (SSSR count). The number of hydrogen-bond donors (Lipinski definition) is 1. The second kappa shape index (κ2) is 10.0. The fourth-order valence-corrected chi connectivity index (χ4v) is 7.42. The van der Waals surface area contributed by atoms with Crippen molar-refractivity contribution in [2.24, 2.45) is 11.8 Å². The molecular formula is C38H37N. The van der Waals surface area contributed by atoms with Gasteiger partial charge in [0, 0.05) is 24.1 Å². The van der Waals surface area contributed by atoms with Gasteiger partial charge in [-0.15, -0.1) is 0 Å². The number of hydrogen-bond acceptors (Lipinski definition) is 1. The third-order valence-corrected chi connectivity index (χ3v) is 9.30. The lowest BCUT2D eigenvalue weighted by Crippen LogP contribution is -2.43. The van der Waals surface area contributed by atoms with E-state index in [1.165, 1.54) is 55.3 Å². The second-order valence-electron chi connectivity index (χ2n) is 11.4. The smallest absolute Gasteiger partial charge is 0.0377 e. The Labute approximate surface area is 232 Å². The maximum Gasteiger partial charge on any atom is 0.0377 e. The van der Waals surface area contributed by atoms with Crippen molar-refractivity contribution in [3.63, 3.8) is 0 Å². The zero-order valence-corrected chi connectivity index (χ0v) is 23.1. The van der Waals surface area contributed by atoms with Crippen LogP contribution in [0.3, 0.4) is 0 Å². The lowest BCUT2D eigenvalue weighted by atomic mass is 9.67. The Kier molecular flexibility index (Phi) is 6.24. The maximum absolute atomic E-state index is 3.58. The van der Waals surface area contributed by atoms with Crippen LogP contribution >= 0.6 is 0 Å². The summed E-state index contributed by atoms with van der Waals surface area (Å²) in [5.41, 5.74) is 11.8. The topological polar surface area (TPSA) is 12.0 Å². The molecule has 2 unspecified atom stereocenters. The summed E-state index contributed by atoms with van der Waals surface area (Å²) in [4.78, 5) is 0. The lowest BCUT2D eigenvalue weighted by molar-refractivity contribution is 0.679. The molecular weight excluding hydrogens is 470 g/mol. The first kappa shape index (κ1) is 24.2. The van der Waals surface area contributed by atoms with Crippen LogP contribution in [0.5, 0.6) is 0 Å². The molecule has 2 aromatic rings. The minimum atomic E-state index is 0.368. The summed E-state index contributed by atoms with van der Waals surface area (Å²) >= 11 is 0. The van der Waals surface area contributed by atoms with Crippen LogP contribution in [0.15, 0.2) is 120 Å². The highest BCUT2D eigenvalue weighted by molar-refractivity contribution is 5.94. The Hall–Kier alpha value is -3.84. The van der Waals surface area contributed by atoms with Crippen LogP contribution < -0.4 is 26.2 Å². The fraction of sp³-hybridized carbons (Fsp3) is 0.263. The van der Waals surface area contributed by atoms with Crippen molar-refractivity contribution in [2.75, 3.05) is 6.54 Å². The van der Waals surface area contributed by atoms with Crippen molar-refractivity contribution in [3.8, 4) is 0 Å². The third-order valence-electron chi connectivity index (χ3n) is 9.30. The van der Waals surface area contributed by atoms with E-state index in [4.69, 9.17) is 0 Å². The van der Waals surface area contributed by atoms with Gasteiger partial charge >= 0.3 is 0 Å². The molecule has 0 amide bonds. The predicted octanol–water partition coefficient (Wildman–Crippen LogP) is 5.65. The predicted molar refractivity (Wildman–Crippen MR) is 165 cm³/mol. The molecule has 1 nitrogen and oxygen atoms in total. The molecule has 0 saturated heterocycles. The quantitative estimate of drug-likeness (QED) is 0.564. The summed E-state index contributed by atoms with van der Waals surface area (Å²) in [7, 11) is 0. The average Bonchev–Trinajstić information content (AvgIpc) is 2.99. The fourth-order valence-electron chi connectivity index (χ4n) is 7.42. The molecule has 0 saturated carbocycles. The SMILES string of the molecule is CCC1=c2ccccc2=C(C2=c3ccccc3=C(C3=CC=C(C4=CC(C)=CCN4)CC3)C3C=CC=CC23)CC1. The van der Waals surface area contributed by atoms with Crippen molar-refractivity contribution in [2.45, 2.75) is 46.0 Å². The Morgan fingerprint density at radius 2 is 1.36 bits per heavy atom. The van der Waals surface area contributed by atoms with Gasteiger partial charge in [-0.25, -0.2) is 0 Å². The number of nitrogens with one attached hydrogen (secondary N) is 1. The summed E-state index contributed by atoms with van der Waals surface area (Å²) in [6, 6.07) is 18.4. The lowest BCUT2D eigenvalue weighted by Gasteiger charge is -2.36. The van der Waals surface area contributed by atoms with Gasteiger partial charge in [-0.05, 0) is 93.8 Å². The number of benzene rings is 2. The highest BCUT2D eigenvalue weighted by Gasteiger charge is 2.34. The molecule has 39 heavy (non-hydrogen) atoms. The van der Waals surface area contributed by atoms with Gasteiger partial charge in [0.1, 0.15) is 0 Å². The van der Waals surface area contributed by atoms with Gasteiger partial charge in [0.15, 0.2) is 0 Å². The number of fused-ring (bicyclic) bond motifs is 3. The molecule has 4 aliphatic carbocycles. The zero-order chi connectivity index (χ0) is 26.3. The van der Waals surface area contributed by atoms with Crippen molar-refractivity contribution >= 4 is 22.3 Å². The largest absolute Gasteiger partial charge is 0.381 e. The molecule has 0 aromatic heterocycles. The summed E-state index contributed by atoms with van der Waals surface area (Å²) in [5, 5.41) is 9.38. The van der Waals surface area contributed by atoms with Crippen LogP contribution in [0.4, 0.5) is 0 Å². The van der Waals surface area contributed by atoms with Gasteiger partial charge in [-0.3, -0.25) is 0 Å². The van der Waals surface area contributed by atoms with Gasteiger partial charge in [0.05, 0.1) is 0 Å². The van der Waals surface area contributed by atoms with E-state index in [9.17, 15) is 0 Å². The van der Waals surface area contributed by atoms with Crippen LogP contribution in [-0.2, 0) is 0 Å². The number of allylic oxidation sites excluding steroid dienone is 10. The first-order chi connectivity index (χ1) is 19.2. The van der Waals surface area contributed by atoms with Gasteiger partial charge in [-0.1, -0.05) is 109 Å². The molecule has 0 spiro atoms. The summed E-state index contributed by atoms with van der Waals surface area (Å²) < 4.78 is 0. The highest BCUT2D eigenvalue weighted by atomic mass is 14.9. The summed E-state index contributed by atoms with van der Waals surface area (Å²) in [5.74, 6) is 0.738. The molecule has 1 heterocycles. The van der Waals surface area contributed by atoms with Gasteiger partial charge in [0.25, 0.3) is 0 Å². The van der Waals surface area contributed by atoms with Crippen molar-refractivity contribution in [3.05, 3.63) is 140 Å². The molecule has 2 atom stereocenters. The van der Waals surface area contributed by atoms with E-state index in [2.05, 4.69) is 116 Å². The first-order valence-corrected chi connectivity index (χ1v) is 14.7. The number of dihydropyridines is 1. The van der Waals surface area contributed by atoms with E-state index < -0.39 is 0 Å². The Morgan fingerprint density at radius 1 is 0.718 bits per heavy atom. The van der Waals surface area contributed by atoms with Crippen LogP contribution in [0.25, 0.3) is 22.3 Å². The molecule has 0 radical (unpaired) electrons. The van der Waals surface area contributed by atoms with E-state index in [1.807, 2.05) is 0 Å². The molecule has 0 bridgehead atoms. The summed E-state index contributed by atoms with van der Waals surface area (Å²) in [6.45, 7) is 5.43. The third kappa shape index (κ3) is 4.16. The second-order valence-corrected chi connectivity index (χ2v) is 11.4. The highest BCUT2D eigenvalue weighted by Crippen LogP contribution is 2.43. The maximum atomic E-state index is 3.58. The van der Waals surface area contributed by atoms with E-state index in [1.54, 1.807) is 16.7 Å². The molecule has 0 fully saturated rings. The van der Waals surface area contributed by atoms with Crippen LogP contribution in [0.1, 0.15) is 46.0 Å². The number of rotatable bonds is 4. The molecule has 5 aliphatic rings. The van der Waals surface area contributed by atoms with Gasteiger partial charge in [-0.2, -0.15) is 0 Å². The van der Waals surface area contributed by atoms with Gasteiger partial charge in [0.2, 0.25) is 0 Å². The Morgan fingerprint density at radius 3 is 2.05 bits per heavy atom. The molecule has 1 aliphatic heterocycles. The normalized spacial score (nSPS) is 23.6. The first-order valence-electron chi connectivity index (χ1n) is 14.7. The van der Waals surface area contributed by atoms with E-state index >= 15 is 0 Å². The van der Waals surface area contributed by atoms with E-state index in [0.29, 0.717) is 11.8 Å². The van der Waals surface area contributed by atoms with E-state index in [-0.39, 0.29) is 0 Å². The minimum absolute atomic E-state index is 0.368. The van der Waals surface area contributed by atoms with Crippen LogP contribution in [0.2, 0.25) is 0 Å². The Balaban J connectivity index is 1.48.